The van der Waals surface area contributed by atoms with Gasteiger partial charge in [-0.25, -0.2) is 8.78 Å². The maximum atomic E-state index is 13.0. The molecule has 100 valence electrons. The van der Waals surface area contributed by atoms with Crippen molar-refractivity contribution in [2.45, 2.75) is 26.3 Å². The molecule has 1 aromatic rings. The Morgan fingerprint density at radius 3 is 2.61 bits per heavy atom. The normalized spacial score (nSPS) is 10.4. The summed E-state index contributed by atoms with van der Waals surface area (Å²) in [6.07, 6.45) is 1.02. The van der Waals surface area contributed by atoms with Crippen molar-refractivity contribution in [3.05, 3.63) is 35.4 Å². The van der Waals surface area contributed by atoms with E-state index in [0.717, 1.165) is 12.1 Å². The molecule has 0 aliphatic rings. The van der Waals surface area contributed by atoms with Gasteiger partial charge in [0.1, 0.15) is 0 Å². The molecule has 0 saturated carbocycles. The highest BCUT2D eigenvalue weighted by molar-refractivity contribution is 5.76. The first-order valence-corrected chi connectivity index (χ1v) is 6.00. The zero-order chi connectivity index (χ0) is 13.5. The first kappa shape index (κ1) is 14.6. The zero-order valence-electron chi connectivity index (χ0n) is 10.5. The van der Waals surface area contributed by atoms with Gasteiger partial charge in [0.25, 0.3) is 0 Å². The summed E-state index contributed by atoms with van der Waals surface area (Å²) in [6.45, 7) is 3.13. The summed E-state index contributed by atoms with van der Waals surface area (Å²) in [5.74, 6) is -1.79. The Kier molecular flexibility index (Phi) is 5.71. The second kappa shape index (κ2) is 7.06. The fourth-order valence-corrected chi connectivity index (χ4v) is 1.65. The molecule has 18 heavy (non-hydrogen) atoms. The summed E-state index contributed by atoms with van der Waals surface area (Å²) in [6, 6.07) is 3.67. The lowest BCUT2D eigenvalue weighted by molar-refractivity contribution is -0.131. The summed E-state index contributed by atoms with van der Waals surface area (Å²) in [7, 11) is 0. The molecule has 0 aromatic heterocycles. The third kappa shape index (κ3) is 4.07. The van der Waals surface area contributed by atoms with Crippen LogP contribution in [-0.2, 0) is 11.3 Å². The number of amides is 1. The van der Waals surface area contributed by atoms with E-state index in [1.54, 1.807) is 4.90 Å². The van der Waals surface area contributed by atoms with Crippen LogP contribution in [0.3, 0.4) is 0 Å². The average Bonchev–Trinajstić information content (AvgIpc) is 2.37. The van der Waals surface area contributed by atoms with E-state index in [4.69, 9.17) is 5.73 Å². The number of hydrogen-bond donors (Lipinski definition) is 1. The van der Waals surface area contributed by atoms with Gasteiger partial charge >= 0.3 is 0 Å². The standard InChI is InChI=1S/C13H18F2N2O/c1-2-17(13(18)4-3-7-16)9-10-5-6-11(14)12(15)8-10/h5-6,8H,2-4,7,9,16H2,1H3. The highest BCUT2D eigenvalue weighted by atomic mass is 19.2. The summed E-state index contributed by atoms with van der Waals surface area (Å²) in [4.78, 5) is 13.4. The van der Waals surface area contributed by atoms with Gasteiger partial charge in [-0.1, -0.05) is 6.07 Å². The van der Waals surface area contributed by atoms with E-state index in [-0.39, 0.29) is 12.5 Å². The van der Waals surface area contributed by atoms with Crippen molar-refractivity contribution in [1.29, 1.82) is 0 Å². The van der Waals surface area contributed by atoms with E-state index in [0.29, 0.717) is 31.5 Å². The van der Waals surface area contributed by atoms with Gasteiger partial charge in [0.05, 0.1) is 0 Å². The minimum absolute atomic E-state index is 0.0207. The molecule has 3 nitrogen and oxygen atoms in total. The van der Waals surface area contributed by atoms with E-state index in [1.807, 2.05) is 6.92 Å². The SMILES string of the molecule is CCN(Cc1ccc(F)c(F)c1)C(=O)CCCN. The Labute approximate surface area is 106 Å². The molecule has 0 spiro atoms. The Bertz CT molecular complexity index is 410. The molecule has 0 radical (unpaired) electrons. The Morgan fingerprint density at radius 2 is 2.06 bits per heavy atom. The maximum Gasteiger partial charge on any atom is 0.222 e. The topological polar surface area (TPSA) is 46.3 Å². The summed E-state index contributed by atoms with van der Waals surface area (Å²) >= 11 is 0. The largest absolute Gasteiger partial charge is 0.339 e. The highest BCUT2D eigenvalue weighted by Crippen LogP contribution is 2.12. The smallest absolute Gasteiger partial charge is 0.222 e. The third-order valence-electron chi connectivity index (χ3n) is 2.69. The number of nitrogens with zero attached hydrogens (tertiary/aromatic N) is 1. The lowest BCUT2D eigenvalue weighted by Crippen LogP contribution is -2.30. The highest BCUT2D eigenvalue weighted by Gasteiger charge is 2.12. The van der Waals surface area contributed by atoms with E-state index in [1.165, 1.54) is 6.07 Å². The monoisotopic (exact) mass is 256 g/mol. The van der Waals surface area contributed by atoms with Crippen molar-refractivity contribution in [3.8, 4) is 0 Å². The van der Waals surface area contributed by atoms with Crippen LogP contribution in [0.5, 0.6) is 0 Å². The van der Waals surface area contributed by atoms with Crippen LogP contribution in [0.2, 0.25) is 0 Å². The number of carbonyl (C=O) groups excluding carboxylic acids is 1. The molecule has 1 aromatic carbocycles. The van der Waals surface area contributed by atoms with Gasteiger partial charge in [0, 0.05) is 19.5 Å². The van der Waals surface area contributed by atoms with Crippen molar-refractivity contribution in [1.82, 2.24) is 4.90 Å². The van der Waals surface area contributed by atoms with E-state index >= 15 is 0 Å². The van der Waals surface area contributed by atoms with Crippen LogP contribution in [0.4, 0.5) is 8.78 Å². The Morgan fingerprint density at radius 1 is 1.33 bits per heavy atom. The van der Waals surface area contributed by atoms with Crippen LogP contribution in [0, 0.1) is 11.6 Å². The number of carbonyl (C=O) groups is 1. The summed E-state index contributed by atoms with van der Waals surface area (Å²) < 4.78 is 25.8. The minimum Gasteiger partial charge on any atom is -0.339 e. The van der Waals surface area contributed by atoms with E-state index in [9.17, 15) is 13.6 Å². The molecule has 2 N–H and O–H groups in total. The molecular formula is C13H18F2N2O. The zero-order valence-corrected chi connectivity index (χ0v) is 10.5. The number of benzene rings is 1. The first-order chi connectivity index (χ1) is 8.58. The van der Waals surface area contributed by atoms with E-state index in [2.05, 4.69) is 0 Å². The second-order valence-electron chi connectivity index (χ2n) is 4.05. The van der Waals surface area contributed by atoms with Gasteiger partial charge in [-0.15, -0.1) is 0 Å². The third-order valence-corrected chi connectivity index (χ3v) is 2.69. The van der Waals surface area contributed by atoms with Crippen LogP contribution in [0.25, 0.3) is 0 Å². The molecule has 0 atom stereocenters. The van der Waals surface area contributed by atoms with Gasteiger partial charge in [-0.2, -0.15) is 0 Å². The van der Waals surface area contributed by atoms with Crippen molar-refractivity contribution >= 4 is 5.91 Å². The molecule has 5 heteroatoms. The van der Waals surface area contributed by atoms with Crippen LogP contribution >= 0.6 is 0 Å². The molecule has 0 aliphatic heterocycles. The first-order valence-electron chi connectivity index (χ1n) is 6.00. The summed E-state index contributed by atoms with van der Waals surface area (Å²) in [5.41, 5.74) is 5.93. The van der Waals surface area contributed by atoms with Crippen LogP contribution in [0.15, 0.2) is 18.2 Å². The minimum atomic E-state index is -0.891. The molecule has 0 saturated heterocycles. The predicted molar refractivity (Wildman–Crippen MR) is 65.7 cm³/mol. The molecule has 0 bridgehead atoms. The van der Waals surface area contributed by atoms with Gasteiger partial charge in [0.15, 0.2) is 11.6 Å². The predicted octanol–water partition coefficient (Wildman–Crippen LogP) is 2.05. The number of hydrogen-bond acceptors (Lipinski definition) is 2. The maximum absolute atomic E-state index is 13.0. The van der Waals surface area contributed by atoms with Crippen molar-refractivity contribution in [2.75, 3.05) is 13.1 Å². The molecule has 0 heterocycles. The lowest BCUT2D eigenvalue weighted by atomic mass is 10.2. The van der Waals surface area contributed by atoms with E-state index < -0.39 is 11.6 Å². The molecule has 0 unspecified atom stereocenters. The average molecular weight is 256 g/mol. The quantitative estimate of drug-likeness (QED) is 0.846. The Hall–Kier alpha value is -1.49. The fraction of sp³-hybridized carbons (Fsp3) is 0.462. The number of halogens is 2. The van der Waals surface area contributed by atoms with Crippen molar-refractivity contribution < 1.29 is 13.6 Å². The molecule has 1 amide bonds. The molecule has 0 fully saturated rings. The van der Waals surface area contributed by atoms with Gasteiger partial charge in [0.2, 0.25) is 5.91 Å². The van der Waals surface area contributed by atoms with Crippen LogP contribution in [0.1, 0.15) is 25.3 Å². The number of rotatable bonds is 6. The molecular weight excluding hydrogens is 238 g/mol. The van der Waals surface area contributed by atoms with Gasteiger partial charge in [-0.05, 0) is 37.6 Å². The van der Waals surface area contributed by atoms with Gasteiger partial charge in [-0.3, -0.25) is 4.79 Å². The van der Waals surface area contributed by atoms with Crippen LogP contribution in [-0.4, -0.2) is 23.9 Å². The molecule has 0 aliphatic carbocycles. The molecule has 1 rings (SSSR count). The summed E-state index contributed by atoms with van der Waals surface area (Å²) in [5, 5.41) is 0. The number of nitrogens with two attached hydrogens (primary N) is 1. The van der Waals surface area contributed by atoms with Crippen molar-refractivity contribution in [3.63, 3.8) is 0 Å². The van der Waals surface area contributed by atoms with Crippen molar-refractivity contribution in [2.24, 2.45) is 5.73 Å². The Balaban J connectivity index is 2.67. The van der Waals surface area contributed by atoms with Gasteiger partial charge < -0.3 is 10.6 Å². The lowest BCUT2D eigenvalue weighted by Gasteiger charge is -2.21. The van der Waals surface area contributed by atoms with Crippen LogP contribution < -0.4 is 5.73 Å². The fourth-order valence-electron chi connectivity index (χ4n) is 1.65. The second-order valence-corrected chi connectivity index (χ2v) is 4.05.